The van der Waals surface area contributed by atoms with Crippen molar-refractivity contribution in [1.82, 2.24) is 4.98 Å². The highest BCUT2D eigenvalue weighted by Gasteiger charge is 2.09. The summed E-state index contributed by atoms with van der Waals surface area (Å²) in [5.41, 5.74) is 0.153. The van der Waals surface area contributed by atoms with Crippen molar-refractivity contribution in [2.75, 3.05) is 18.5 Å². The first kappa shape index (κ1) is 10.8. The van der Waals surface area contributed by atoms with E-state index >= 15 is 0 Å². The van der Waals surface area contributed by atoms with Crippen molar-refractivity contribution in [3.63, 3.8) is 0 Å². The molecule has 0 spiro atoms. The van der Waals surface area contributed by atoms with Crippen LogP contribution in [0.25, 0.3) is 0 Å². The quantitative estimate of drug-likeness (QED) is 0.781. The molecule has 0 atom stereocenters. The van der Waals surface area contributed by atoms with E-state index in [1.54, 1.807) is 0 Å². The Morgan fingerprint density at radius 3 is 2.79 bits per heavy atom. The molecule has 1 aromatic rings. The first-order valence-electron chi connectivity index (χ1n) is 4.16. The Labute approximate surface area is 87.1 Å². The molecule has 76 valence electrons. The molecule has 0 fully saturated rings. The Morgan fingerprint density at radius 1 is 1.64 bits per heavy atom. The number of hydrogen-bond donors (Lipinski definition) is 1. The summed E-state index contributed by atoms with van der Waals surface area (Å²) < 4.78 is 0. The second-order valence-corrected chi connectivity index (χ2v) is 3.24. The number of anilines is 1. The fourth-order valence-corrected chi connectivity index (χ4v) is 1.17. The molecule has 0 aromatic carbocycles. The van der Waals surface area contributed by atoms with E-state index in [0.29, 0.717) is 5.82 Å². The second-order valence-electron chi connectivity index (χ2n) is 2.86. The minimum atomic E-state index is -1.000. The van der Waals surface area contributed by atoms with Crippen LogP contribution in [0.2, 0.25) is 5.15 Å². The first-order chi connectivity index (χ1) is 6.54. The van der Waals surface area contributed by atoms with Crippen molar-refractivity contribution < 1.29 is 9.90 Å². The lowest BCUT2D eigenvalue weighted by Gasteiger charge is -2.15. The summed E-state index contributed by atoms with van der Waals surface area (Å²) >= 11 is 5.69. The molecule has 0 aliphatic rings. The molecule has 1 rings (SSSR count). The van der Waals surface area contributed by atoms with Crippen LogP contribution in [0.4, 0.5) is 5.82 Å². The van der Waals surface area contributed by atoms with Crippen molar-refractivity contribution in [2.24, 2.45) is 0 Å². The van der Waals surface area contributed by atoms with Crippen LogP contribution in [-0.4, -0.2) is 29.7 Å². The van der Waals surface area contributed by atoms with Gasteiger partial charge in [-0.1, -0.05) is 11.6 Å². The molecule has 4 nitrogen and oxygen atoms in total. The normalized spacial score (nSPS) is 9.93. The number of halogens is 1. The molecular weight excluding hydrogens is 204 g/mol. The van der Waals surface area contributed by atoms with Crippen LogP contribution in [0.5, 0.6) is 0 Å². The topological polar surface area (TPSA) is 53.4 Å². The number of aromatic carboxylic acids is 1. The van der Waals surface area contributed by atoms with Gasteiger partial charge in [0, 0.05) is 13.6 Å². The van der Waals surface area contributed by atoms with Crippen molar-refractivity contribution in [3.05, 3.63) is 22.8 Å². The standard InChI is InChI=1S/C9H11ClN2O2/c1-3-12(2)8-5-6(9(13)14)4-7(10)11-8/h4-5H,3H2,1-2H3,(H,13,14). The number of rotatable bonds is 3. The number of carbonyl (C=O) groups is 1. The highest BCUT2D eigenvalue weighted by Crippen LogP contribution is 2.16. The zero-order chi connectivity index (χ0) is 10.7. The fourth-order valence-electron chi connectivity index (χ4n) is 0.964. The van der Waals surface area contributed by atoms with Crippen LogP contribution in [-0.2, 0) is 0 Å². The third kappa shape index (κ3) is 2.35. The van der Waals surface area contributed by atoms with E-state index in [4.69, 9.17) is 16.7 Å². The minimum Gasteiger partial charge on any atom is -0.478 e. The van der Waals surface area contributed by atoms with Crippen LogP contribution in [0, 0.1) is 0 Å². The highest BCUT2D eigenvalue weighted by atomic mass is 35.5. The summed E-state index contributed by atoms with van der Waals surface area (Å²) in [6, 6.07) is 2.83. The van der Waals surface area contributed by atoms with Gasteiger partial charge in [-0.05, 0) is 19.1 Å². The maximum atomic E-state index is 10.7. The molecule has 1 aromatic heterocycles. The summed E-state index contributed by atoms with van der Waals surface area (Å²) in [7, 11) is 1.82. The molecule has 5 heteroatoms. The zero-order valence-electron chi connectivity index (χ0n) is 7.99. The van der Waals surface area contributed by atoms with Crippen LogP contribution >= 0.6 is 11.6 Å². The number of aromatic nitrogens is 1. The molecule has 0 saturated heterocycles. The van der Waals surface area contributed by atoms with E-state index < -0.39 is 5.97 Å². The van der Waals surface area contributed by atoms with Crippen molar-refractivity contribution >= 4 is 23.4 Å². The fraction of sp³-hybridized carbons (Fsp3) is 0.333. The SMILES string of the molecule is CCN(C)c1cc(C(=O)O)cc(Cl)n1. The van der Waals surface area contributed by atoms with Gasteiger partial charge in [-0.15, -0.1) is 0 Å². The molecule has 14 heavy (non-hydrogen) atoms. The maximum absolute atomic E-state index is 10.7. The van der Waals surface area contributed by atoms with E-state index in [2.05, 4.69) is 4.98 Å². The smallest absolute Gasteiger partial charge is 0.335 e. The van der Waals surface area contributed by atoms with E-state index in [9.17, 15) is 4.79 Å². The van der Waals surface area contributed by atoms with Crippen molar-refractivity contribution in [2.45, 2.75) is 6.92 Å². The average Bonchev–Trinajstić information content (AvgIpc) is 2.15. The number of carboxylic acid groups (broad SMARTS) is 1. The van der Waals surface area contributed by atoms with Crippen LogP contribution < -0.4 is 4.90 Å². The Hall–Kier alpha value is -1.29. The lowest BCUT2D eigenvalue weighted by molar-refractivity contribution is 0.0697. The monoisotopic (exact) mass is 214 g/mol. The predicted octanol–water partition coefficient (Wildman–Crippen LogP) is 1.89. The minimum absolute atomic E-state index is 0.153. The van der Waals surface area contributed by atoms with Gasteiger partial charge in [0.15, 0.2) is 0 Å². The molecule has 0 saturated carbocycles. The number of nitrogens with zero attached hydrogens (tertiary/aromatic N) is 2. The van der Waals surface area contributed by atoms with Gasteiger partial charge in [0.05, 0.1) is 5.56 Å². The second kappa shape index (κ2) is 4.28. The van der Waals surface area contributed by atoms with Crippen LogP contribution in [0.15, 0.2) is 12.1 Å². The van der Waals surface area contributed by atoms with Gasteiger partial charge in [-0.3, -0.25) is 0 Å². The van der Waals surface area contributed by atoms with Gasteiger partial charge in [-0.2, -0.15) is 0 Å². The van der Waals surface area contributed by atoms with Crippen LogP contribution in [0.3, 0.4) is 0 Å². The Kier molecular flexibility index (Phi) is 3.30. The molecule has 0 aliphatic heterocycles. The molecule has 0 unspecified atom stereocenters. The van der Waals surface area contributed by atoms with Gasteiger partial charge in [0.2, 0.25) is 0 Å². The number of carboxylic acids is 1. The van der Waals surface area contributed by atoms with Gasteiger partial charge < -0.3 is 10.0 Å². The Bertz CT molecular complexity index is 355. The lowest BCUT2D eigenvalue weighted by Crippen LogP contribution is -2.17. The van der Waals surface area contributed by atoms with E-state index in [-0.39, 0.29) is 10.7 Å². The summed E-state index contributed by atoms with van der Waals surface area (Å²) in [4.78, 5) is 16.5. The summed E-state index contributed by atoms with van der Waals surface area (Å²) in [6.07, 6.45) is 0. The predicted molar refractivity (Wildman–Crippen MR) is 55.2 cm³/mol. The van der Waals surface area contributed by atoms with Gasteiger partial charge in [-0.25, -0.2) is 9.78 Å². The highest BCUT2D eigenvalue weighted by molar-refractivity contribution is 6.29. The molecule has 0 amide bonds. The Morgan fingerprint density at radius 2 is 2.29 bits per heavy atom. The summed E-state index contributed by atoms with van der Waals surface area (Å²) in [6.45, 7) is 2.69. The molecule has 0 aliphatic carbocycles. The largest absolute Gasteiger partial charge is 0.478 e. The first-order valence-corrected chi connectivity index (χ1v) is 4.54. The third-order valence-electron chi connectivity index (χ3n) is 1.89. The maximum Gasteiger partial charge on any atom is 0.335 e. The van der Waals surface area contributed by atoms with Gasteiger partial charge >= 0.3 is 5.97 Å². The molecule has 1 N–H and O–H groups in total. The summed E-state index contributed by atoms with van der Waals surface area (Å²) in [5.74, 6) is -0.433. The van der Waals surface area contributed by atoms with E-state index in [1.807, 2.05) is 18.9 Å². The lowest BCUT2D eigenvalue weighted by atomic mass is 10.2. The molecular formula is C9H11ClN2O2. The van der Waals surface area contributed by atoms with Gasteiger partial charge in [0.25, 0.3) is 0 Å². The Balaban J connectivity index is 3.13. The summed E-state index contributed by atoms with van der Waals surface area (Å²) in [5, 5.41) is 8.98. The molecule has 1 heterocycles. The average molecular weight is 215 g/mol. The van der Waals surface area contributed by atoms with E-state index in [1.165, 1.54) is 12.1 Å². The van der Waals surface area contributed by atoms with Crippen molar-refractivity contribution in [3.8, 4) is 0 Å². The molecule has 0 radical (unpaired) electrons. The zero-order valence-corrected chi connectivity index (χ0v) is 8.75. The van der Waals surface area contributed by atoms with E-state index in [0.717, 1.165) is 6.54 Å². The van der Waals surface area contributed by atoms with Crippen molar-refractivity contribution in [1.29, 1.82) is 0 Å². The van der Waals surface area contributed by atoms with Crippen LogP contribution in [0.1, 0.15) is 17.3 Å². The number of pyridine rings is 1. The molecule has 0 bridgehead atoms. The third-order valence-corrected chi connectivity index (χ3v) is 2.09. The number of hydrogen-bond acceptors (Lipinski definition) is 3. The van der Waals surface area contributed by atoms with Gasteiger partial charge in [0.1, 0.15) is 11.0 Å².